The molecule has 0 aliphatic rings. The van der Waals surface area contributed by atoms with Crippen LogP contribution in [0.1, 0.15) is 334 Å². The van der Waals surface area contributed by atoms with Crippen molar-refractivity contribution in [1.82, 2.24) is 4.98 Å². The normalized spacial score (nSPS) is 11.6. The van der Waals surface area contributed by atoms with Gasteiger partial charge in [-0.1, -0.05) is 498 Å². The minimum absolute atomic E-state index is 0.0919. The van der Waals surface area contributed by atoms with Crippen LogP contribution in [-0.4, -0.2) is 10.1 Å². The molecular weight excluding hydrogens is 1530 g/mol. The number of hydrogen-bond donors (Lipinski definition) is 1. The number of pyridine rings is 1. The summed E-state index contributed by atoms with van der Waals surface area (Å²) >= 11 is 11.9. The van der Waals surface area contributed by atoms with Crippen LogP contribution in [0.3, 0.4) is 0 Å². The highest BCUT2D eigenvalue weighted by Crippen LogP contribution is 2.33. The molecule has 1 aromatic heterocycles. The summed E-state index contributed by atoms with van der Waals surface area (Å²) in [5.74, 6) is -0.111. The Hall–Kier alpha value is -8.18. The Labute approximate surface area is 758 Å². The van der Waals surface area contributed by atoms with Crippen LogP contribution in [0.2, 0.25) is 10.0 Å². The maximum absolute atomic E-state index is 13.1. The molecule has 0 atom stereocenters. The Balaban J connectivity index is 0.000000671. The molecule has 0 amide bonds. The molecule has 10 aromatic carbocycles. The fraction of sp³-hybridized carbons (Fsp3) is 0.444. The second kappa shape index (κ2) is 49.5. The number of halogens is 3. The standard InChI is InChI=1S/C11H16O.6C11H16.2C10H13Cl.C10H13F.C10H15N/c1-11(2,3)10-7-5-4-6-9(10)8-12;2*1-9-5-7-10(8-6-9)11(2,3)4;2*1-9-6-5-7-10(8-9)11(2,3)4;2*1-9-7-5-6-8-10(9)11(2,3)4;1-10(2,3)8-5-4-6-9(11)7-8;2*1-10(2,3)8-6-4-5-7-9(8)11;1-8-5-6-9(7-11-8)10(2,3)4/h4-7,12H,8H2,1-3H3;6*5-8H,1-4H3;3*4-7H,1-3H3;5-7H,1-4H3. The first-order chi connectivity index (χ1) is 55.6. The van der Waals surface area contributed by atoms with Gasteiger partial charge in [-0.05, 0) is 216 Å². The Morgan fingerprint density at radius 3 is 0.770 bits per heavy atom. The van der Waals surface area contributed by atoms with Crippen molar-refractivity contribution in [2.24, 2.45) is 0 Å². The van der Waals surface area contributed by atoms with E-state index in [9.17, 15) is 4.39 Å². The highest BCUT2D eigenvalue weighted by atomic mass is 35.5. The molecule has 2 nitrogen and oxygen atoms in total. The Kier molecular flexibility index (Phi) is 45.4. The summed E-state index contributed by atoms with van der Waals surface area (Å²) in [6, 6.07) is 87.1. The monoisotopic (exact) mass is 1690 g/mol. The molecule has 0 aliphatic heterocycles. The predicted octanol–water partition coefficient (Wildman–Crippen LogP) is 35.3. The molecule has 11 aromatic rings. The zero-order valence-electron chi connectivity index (χ0n) is 84.1. The molecule has 666 valence electrons. The molecule has 0 bridgehead atoms. The molecule has 11 rings (SSSR count). The molecular formula is C117H166Cl2FNO. The fourth-order valence-corrected chi connectivity index (χ4v) is 13.2. The first-order valence-corrected chi connectivity index (χ1v) is 44.7. The Morgan fingerprint density at radius 2 is 0.533 bits per heavy atom. The Bertz CT molecular complexity index is 4280. The van der Waals surface area contributed by atoms with Crippen LogP contribution in [0.4, 0.5) is 4.39 Å². The number of hydrogen-bond acceptors (Lipinski definition) is 2. The minimum atomic E-state index is -0.111. The van der Waals surface area contributed by atoms with Gasteiger partial charge in [-0.2, -0.15) is 0 Å². The number of benzene rings is 10. The van der Waals surface area contributed by atoms with E-state index < -0.39 is 0 Å². The molecule has 0 aliphatic carbocycles. The number of aliphatic hydroxyl groups is 1. The molecule has 0 spiro atoms. The minimum Gasteiger partial charge on any atom is -0.392 e. The van der Waals surface area contributed by atoms with Crippen molar-refractivity contribution in [3.05, 3.63) is 383 Å². The quantitative estimate of drug-likeness (QED) is 0.178. The molecule has 0 saturated heterocycles. The summed E-state index contributed by atoms with van der Waals surface area (Å²) in [7, 11) is 0. The van der Waals surface area contributed by atoms with Gasteiger partial charge in [0.15, 0.2) is 0 Å². The number of nitrogens with zero attached hydrogens (tertiary/aromatic N) is 1. The average Bonchev–Trinajstić information content (AvgIpc) is 0.846. The molecule has 1 heterocycles. The van der Waals surface area contributed by atoms with Crippen LogP contribution in [0.25, 0.3) is 0 Å². The molecule has 122 heavy (non-hydrogen) atoms. The molecule has 5 heteroatoms. The highest BCUT2D eigenvalue weighted by Gasteiger charge is 2.22. The summed E-state index contributed by atoms with van der Waals surface area (Å²) in [5, 5.41) is 10.8. The van der Waals surface area contributed by atoms with E-state index in [0.717, 1.165) is 26.9 Å². The summed E-state index contributed by atoms with van der Waals surface area (Å²) < 4.78 is 13.1. The molecule has 0 radical (unpaired) electrons. The van der Waals surface area contributed by atoms with Gasteiger partial charge in [0.1, 0.15) is 5.82 Å². The third kappa shape index (κ3) is 44.9. The van der Waals surface area contributed by atoms with Crippen molar-refractivity contribution in [3.63, 3.8) is 0 Å². The van der Waals surface area contributed by atoms with Gasteiger partial charge < -0.3 is 5.11 Å². The van der Waals surface area contributed by atoms with E-state index in [0.29, 0.717) is 0 Å². The van der Waals surface area contributed by atoms with Crippen LogP contribution in [0.5, 0.6) is 0 Å². The highest BCUT2D eigenvalue weighted by molar-refractivity contribution is 6.31. The topological polar surface area (TPSA) is 33.1 Å². The SMILES string of the molecule is CC(C)(C)c1cccc(Cl)c1.CC(C)(C)c1ccccc1CO.CC(C)(C)c1ccccc1Cl.CC(C)(C)c1ccccc1F.Cc1ccc(C(C)(C)C)cc1.Cc1ccc(C(C)(C)C)cc1.Cc1ccc(C(C)(C)C)cn1.Cc1cccc(C(C)(C)C)c1.Cc1cccc(C(C)(C)C)c1.Cc1ccccc1C(C)(C)C.Cc1ccccc1C(C)(C)C. The first kappa shape index (κ1) is 112. The lowest BCUT2D eigenvalue weighted by atomic mass is 9.84. The van der Waals surface area contributed by atoms with Crippen molar-refractivity contribution in [2.45, 2.75) is 343 Å². The number of aryl methyl sites for hydroxylation is 7. The Morgan fingerprint density at radius 1 is 0.246 bits per heavy atom. The zero-order chi connectivity index (χ0) is 94.0. The first-order valence-electron chi connectivity index (χ1n) is 43.9. The van der Waals surface area contributed by atoms with E-state index in [1.54, 1.807) is 6.07 Å². The van der Waals surface area contributed by atoms with Gasteiger partial charge in [-0.25, -0.2) is 4.39 Å². The lowest BCUT2D eigenvalue weighted by molar-refractivity contribution is 0.278. The van der Waals surface area contributed by atoms with E-state index in [4.69, 9.17) is 28.3 Å². The van der Waals surface area contributed by atoms with Crippen LogP contribution in [0, 0.1) is 54.3 Å². The lowest BCUT2D eigenvalue weighted by Gasteiger charge is -2.21. The second-order valence-electron chi connectivity index (χ2n) is 43.8. The third-order valence-corrected chi connectivity index (χ3v) is 20.9. The maximum atomic E-state index is 13.1. The van der Waals surface area contributed by atoms with Crippen LogP contribution < -0.4 is 0 Å². The number of rotatable bonds is 1. The smallest absolute Gasteiger partial charge is 0.126 e. The predicted molar refractivity (Wildman–Crippen MR) is 543 cm³/mol. The van der Waals surface area contributed by atoms with E-state index in [-0.39, 0.29) is 72.0 Å². The summed E-state index contributed by atoms with van der Waals surface area (Å²) in [6.45, 7) is 87.4. The third-order valence-electron chi connectivity index (χ3n) is 20.3. The van der Waals surface area contributed by atoms with Gasteiger partial charge in [-0.15, -0.1) is 0 Å². The van der Waals surface area contributed by atoms with Gasteiger partial charge in [0.25, 0.3) is 0 Å². The zero-order valence-corrected chi connectivity index (χ0v) is 85.6. The van der Waals surface area contributed by atoms with E-state index in [1.165, 1.54) is 95.1 Å². The van der Waals surface area contributed by atoms with Gasteiger partial charge >= 0.3 is 0 Å². The summed E-state index contributed by atoms with van der Waals surface area (Å²) in [5.41, 5.74) is 26.9. The fourth-order valence-electron chi connectivity index (χ4n) is 12.6. The van der Waals surface area contributed by atoms with Crippen molar-refractivity contribution in [3.8, 4) is 0 Å². The van der Waals surface area contributed by atoms with Gasteiger partial charge in [0, 0.05) is 21.9 Å². The van der Waals surface area contributed by atoms with Crippen LogP contribution in [0.15, 0.2) is 261 Å². The molecule has 1 N–H and O–H groups in total. The van der Waals surface area contributed by atoms with Gasteiger partial charge in [0.2, 0.25) is 0 Å². The molecule has 0 fully saturated rings. The van der Waals surface area contributed by atoms with Crippen molar-refractivity contribution >= 4 is 23.2 Å². The van der Waals surface area contributed by atoms with E-state index in [2.05, 4.69) is 430 Å². The lowest BCUT2D eigenvalue weighted by Crippen LogP contribution is -2.13. The molecule has 0 saturated carbocycles. The average molecular weight is 1690 g/mol. The largest absolute Gasteiger partial charge is 0.392 e. The maximum Gasteiger partial charge on any atom is 0.126 e. The van der Waals surface area contributed by atoms with Crippen LogP contribution >= 0.6 is 23.2 Å². The number of aliphatic hydroxyl groups excluding tert-OH is 1. The van der Waals surface area contributed by atoms with Gasteiger partial charge in [-0.3, -0.25) is 4.98 Å². The van der Waals surface area contributed by atoms with Crippen molar-refractivity contribution in [1.29, 1.82) is 0 Å². The van der Waals surface area contributed by atoms with Crippen LogP contribution in [-0.2, 0) is 66.2 Å². The van der Waals surface area contributed by atoms with E-state index >= 15 is 0 Å². The van der Waals surface area contributed by atoms with Gasteiger partial charge in [0.05, 0.1) is 6.61 Å². The number of aromatic nitrogens is 1. The summed E-state index contributed by atoms with van der Waals surface area (Å²) in [6.07, 6.45) is 1.95. The van der Waals surface area contributed by atoms with E-state index in [1.807, 2.05) is 101 Å². The van der Waals surface area contributed by atoms with Crippen molar-refractivity contribution in [2.75, 3.05) is 0 Å². The summed E-state index contributed by atoms with van der Waals surface area (Å²) in [4.78, 5) is 4.25. The second-order valence-corrected chi connectivity index (χ2v) is 44.7. The van der Waals surface area contributed by atoms with Crippen molar-refractivity contribution < 1.29 is 9.50 Å². The molecule has 0 unspecified atom stereocenters.